The number of halogens is 1. The van der Waals surface area contributed by atoms with Gasteiger partial charge in [0.1, 0.15) is 11.5 Å². The maximum absolute atomic E-state index is 12.2. The zero-order valence-corrected chi connectivity index (χ0v) is 17.2. The maximum Gasteiger partial charge on any atom is 0.349 e. The quantitative estimate of drug-likeness (QED) is 0.206. The molecule has 4 nitrogen and oxygen atoms in total. The van der Waals surface area contributed by atoms with Crippen LogP contribution in [-0.4, -0.2) is 12.6 Å². The molecule has 0 spiro atoms. The van der Waals surface area contributed by atoms with E-state index >= 15 is 0 Å². The van der Waals surface area contributed by atoms with E-state index in [-0.39, 0.29) is 6.61 Å². The molecule has 0 fully saturated rings. The molecule has 0 radical (unpaired) electrons. The fourth-order valence-electron chi connectivity index (χ4n) is 2.83. The lowest BCUT2D eigenvalue weighted by atomic mass is 10.0. The number of nitriles is 1. The molecule has 0 amide bonds. The Balaban J connectivity index is 1.67. The number of benzene rings is 3. The van der Waals surface area contributed by atoms with Crippen LogP contribution >= 0.6 is 11.6 Å². The van der Waals surface area contributed by atoms with E-state index in [1.54, 1.807) is 48.5 Å². The molecule has 0 bridgehead atoms. The Bertz CT molecular complexity index is 1120. The van der Waals surface area contributed by atoms with Gasteiger partial charge in [-0.1, -0.05) is 54.9 Å². The van der Waals surface area contributed by atoms with Crippen molar-refractivity contribution in [2.75, 3.05) is 6.61 Å². The predicted molar refractivity (Wildman–Crippen MR) is 118 cm³/mol. The number of aryl methyl sites for hydroxylation is 1. The summed E-state index contributed by atoms with van der Waals surface area (Å²) in [7, 11) is 0. The smallest absolute Gasteiger partial charge is 0.349 e. The van der Waals surface area contributed by atoms with Crippen molar-refractivity contribution in [3.05, 3.63) is 94.5 Å². The van der Waals surface area contributed by atoms with Gasteiger partial charge in [-0.25, -0.2) is 4.79 Å². The number of allylic oxidation sites excluding steroid dienone is 1. The Hall–Kier alpha value is -3.55. The zero-order valence-electron chi connectivity index (χ0n) is 16.5. The minimum Gasteiger partial charge on any atom is -0.482 e. The molecule has 5 heteroatoms. The Morgan fingerprint density at radius 3 is 2.57 bits per heavy atom. The summed E-state index contributed by atoms with van der Waals surface area (Å²) in [5.74, 6) is 0.500. The van der Waals surface area contributed by atoms with E-state index in [9.17, 15) is 10.1 Å². The number of hydrogen-bond donors (Lipinski definition) is 0. The zero-order chi connectivity index (χ0) is 21.3. The first kappa shape index (κ1) is 21.2. The summed E-state index contributed by atoms with van der Waals surface area (Å²) in [5.41, 5.74) is 3.04. The minimum absolute atomic E-state index is 0.195. The lowest BCUT2D eigenvalue weighted by molar-refractivity contribution is -0.136. The normalized spacial score (nSPS) is 10.9. The lowest BCUT2D eigenvalue weighted by Gasteiger charge is -2.08. The summed E-state index contributed by atoms with van der Waals surface area (Å²) in [6, 6.07) is 23.8. The van der Waals surface area contributed by atoms with Crippen LogP contribution in [0.1, 0.15) is 23.6 Å². The average molecular weight is 418 g/mol. The Kier molecular flexibility index (Phi) is 7.26. The summed E-state index contributed by atoms with van der Waals surface area (Å²) in [6.45, 7) is 1.86. The predicted octanol–water partition coefficient (Wildman–Crippen LogP) is 5.95. The van der Waals surface area contributed by atoms with Crippen LogP contribution < -0.4 is 9.47 Å². The van der Waals surface area contributed by atoms with E-state index in [2.05, 4.69) is 13.0 Å². The fourth-order valence-corrected chi connectivity index (χ4v) is 3.02. The summed E-state index contributed by atoms with van der Waals surface area (Å²) < 4.78 is 10.9. The Labute approximate surface area is 180 Å². The lowest BCUT2D eigenvalue weighted by Crippen LogP contribution is -2.17. The van der Waals surface area contributed by atoms with Crippen LogP contribution in [0.15, 0.2) is 72.8 Å². The van der Waals surface area contributed by atoms with E-state index < -0.39 is 5.97 Å². The molecule has 0 aliphatic heterocycles. The van der Waals surface area contributed by atoms with Crippen molar-refractivity contribution < 1.29 is 14.3 Å². The molecule has 0 aliphatic rings. The van der Waals surface area contributed by atoms with Crippen LogP contribution in [0.4, 0.5) is 0 Å². The fraction of sp³-hybridized carbons (Fsp3) is 0.120. The average Bonchev–Trinajstić information content (AvgIpc) is 2.76. The minimum atomic E-state index is -0.506. The summed E-state index contributed by atoms with van der Waals surface area (Å²) >= 11 is 6.02. The molecular weight excluding hydrogens is 398 g/mol. The number of hydrogen-bond acceptors (Lipinski definition) is 4. The summed E-state index contributed by atoms with van der Waals surface area (Å²) in [4.78, 5) is 12.2. The number of carbonyl (C=O) groups excluding carboxylic acids is 1. The Morgan fingerprint density at radius 1 is 1.03 bits per heavy atom. The van der Waals surface area contributed by atoms with Gasteiger partial charge in [-0.05, 0) is 65.6 Å². The van der Waals surface area contributed by atoms with Crippen LogP contribution in [0.25, 0.3) is 11.6 Å². The van der Waals surface area contributed by atoms with Gasteiger partial charge in [-0.2, -0.15) is 5.26 Å². The molecule has 0 aromatic heterocycles. The largest absolute Gasteiger partial charge is 0.482 e. The van der Waals surface area contributed by atoms with Gasteiger partial charge < -0.3 is 9.47 Å². The number of ether oxygens (including phenoxy) is 2. The first-order chi connectivity index (χ1) is 14.6. The second-order valence-electron chi connectivity index (χ2n) is 6.52. The molecule has 0 saturated heterocycles. The molecule has 0 saturated carbocycles. The van der Waals surface area contributed by atoms with E-state index in [1.165, 1.54) is 0 Å². The van der Waals surface area contributed by atoms with Gasteiger partial charge in [0.25, 0.3) is 0 Å². The van der Waals surface area contributed by atoms with Crippen molar-refractivity contribution >= 4 is 29.2 Å². The van der Waals surface area contributed by atoms with Crippen molar-refractivity contribution in [3.63, 3.8) is 0 Å². The Morgan fingerprint density at radius 2 is 1.80 bits per heavy atom. The second kappa shape index (κ2) is 10.3. The SMILES string of the molecule is CCc1cccc(OCC(=O)Oc2cccc(/C=C(/C#N)c3cccc(Cl)c3)c2)c1. The third-order valence-corrected chi connectivity index (χ3v) is 4.56. The van der Waals surface area contributed by atoms with Crippen molar-refractivity contribution in [3.8, 4) is 17.6 Å². The van der Waals surface area contributed by atoms with Gasteiger partial charge in [0.05, 0.1) is 11.6 Å². The molecule has 0 N–H and O–H groups in total. The molecule has 0 heterocycles. The van der Waals surface area contributed by atoms with Gasteiger partial charge in [-0.3, -0.25) is 0 Å². The van der Waals surface area contributed by atoms with Crippen LogP contribution in [-0.2, 0) is 11.2 Å². The molecule has 150 valence electrons. The molecular formula is C25H20ClNO3. The van der Waals surface area contributed by atoms with E-state index in [0.717, 1.165) is 23.1 Å². The highest BCUT2D eigenvalue weighted by Gasteiger charge is 2.08. The highest BCUT2D eigenvalue weighted by atomic mass is 35.5. The second-order valence-corrected chi connectivity index (χ2v) is 6.95. The van der Waals surface area contributed by atoms with Crippen LogP contribution in [0.2, 0.25) is 5.02 Å². The first-order valence-electron chi connectivity index (χ1n) is 9.47. The van der Waals surface area contributed by atoms with Crippen molar-refractivity contribution in [1.82, 2.24) is 0 Å². The number of nitrogens with zero attached hydrogens (tertiary/aromatic N) is 1. The molecule has 0 atom stereocenters. The third-order valence-electron chi connectivity index (χ3n) is 4.32. The van der Waals surface area contributed by atoms with Gasteiger partial charge >= 0.3 is 5.97 Å². The molecule has 0 aliphatic carbocycles. The highest BCUT2D eigenvalue weighted by Crippen LogP contribution is 2.23. The standard InChI is InChI=1S/C25H20ClNO3/c1-2-18-6-3-10-23(13-18)29-17-25(28)30-24-11-4-7-19(14-24)12-21(16-27)20-8-5-9-22(26)15-20/h3-15H,2,17H2,1H3/b21-12-. The maximum atomic E-state index is 12.2. The molecule has 3 rings (SSSR count). The summed E-state index contributed by atoms with van der Waals surface area (Å²) in [5, 5.41) is 10.1. The third kappa shape index (κ3) is 5.97. The van der Waals surface area contributed by atoms with Crippen LogP contribution in [0.5, 0.6) is 11.5 Å². The van der Waals surface area contributed by atoms with E-state index in [4.69, 9.17) is 21.1 Å². The van der Waals surface area contributed by atoms with Crippen LogP contribution in [0.3, 0.4) is 0 Å². The monoisotopic (exact) mass is 417 g/mol. The van der Waals surface area contributed by atoms with Crippen molar-refractivity contribution in [2.45, 2.75) is 13.3 Å². The molecule has 3 aromatic rings. The number of esters is 1. The topological polar surface area (TPSA) is 59.3 Å². The highest BCUT2D eigenvalue weighted by molar-refractivity contribution is 6.30. The molecule has 3 aromatic carbocycles. The number of carbonyl (C=O) groups is 1. The van der Waals surface area contributed by atoms with Crippen molar-refractivity contribution in [1.29, 1.82) is 5.26 Å². The van der Waals surface area contributed by atoms with Crippen molar-refractivity contribution in [2.24, 2.45) is 0 Å². The molecule has 0 unspecified atom stereocenters. The summed E-state index contributed by atoms with van der Waals surface area (Å²) in [6.07, 6.45) is 2.61. The van der Waals surface area contributed by atoms with Gasteiger partial charge in [0, 0.05) is 5.02 Å². The van der Waals surface area contributed by atoms with Crippen LogP contribution in [0, 0.1) is 11.3 Å². The number of rotatable bonds is 7. The van der Waals surface area contributed by atoms with Gasteiger partial charge in [0.15, 0.2) is 6.61 Å². The van der Waals surface area contributed by atoms with Gasteiger partial charge in [-0.15, -0.1) is 0 Å². The van der Waals surface area contributed by atoms with E-state index in [0.29, 0.717) is 22.1 Å². The van der Waals surface area contributed by atoms with Gasteiger partial charge in [0.2, 0.25) is 0 Å². The van der Waals surface area contributed by atoms with E-state index in [1.807, 2.05) is 30.3 Å². The molecule has 30 heavy (non-hydrogen) atoms. The first-order valence-corrected chi connectivity index (χ1v) is 9.85.